The van der Waals surface area contributed by atoms with E-state index in [1.165, 1.54) is 50.3 Å². The maximum atomic E-state index is 6.78. The van der Waals surface area contributed by atoms with E-state index in [1.807, 2.05) is 0 Å². The van der Waals surface area contributed by atoms with Gasteiger partial charge in [0.25, 0.3) is 0 Å². The number of alkyl halides is 1. The summed E-state index contributed by atoms with van der Waals surface area (Å²) in [4.78, 5) is 8.16. The average Bonchev–Trinajstić information content (AvgIpc) is 3.28. The first-order chi connectivity index (χ1) is 16.1. The van der Waals surface area contributed by atoms with Crippen molar-refractivity contribution in [2.45, 2.75) is 42.8 Å². The number of rotatable bonds is 8. The monoisotopic (exact) mass is 575 g/mol. The molecule has 2 unspecified atom stereocenters. The molecule has 0 N–H and O–H groups in total. The Morgan fingerprint density at radius 2 is 1.82 bits per heavy atom. The molecule has 0 amide bonds. The van der Waals surface area contributed by atoms with E-state index in [-0.39, 0.29) is 6.10 Å². The van der Waals surface area contributed by atoms with E-state index < -0.39 is 0 Å². The Kier molecular flexibility index (Phi) is 7.77. The quantitative estimate of drug-likeness (QED) is 0.410. The van der Waals surface area contributed by atoms with Crippen molar-refractivity contribution < 1.29 is 4.74 Å². The van der Waals surface area contributed by atoms with Crippen molar-refractivity contribution in [3.8, 4) is 5.75 Å². The molecule has 6 heteroatoms. The molecule has 0 radical (unpaired) electrons. The van der Waals surface area contributed by atoms with Gasteiger partial charge in [0.15, 0.2) is 0 Å². The summed E-state index contributed by atoms with van der Waals surface area (Å²) < 4.78 is 7.92. The fourth-order valence-corrected chi connectivity index (χ4v) is 7.24. The molecule has 2 aliphatic heterocycles. The first kappa shape index (κ1) is 23.8. The number of hydrogen-bond acceptors (Lipinski definition) is 4. The molecular weight excluding hydrogens is 542 g/mol. The van der Waals surface area contributed by atoms with Crippen molar-refractivity contribution in [1.82, 2.24) is 14.7 Å². The van der Waals surface area contributed by atoms with Gasteiger partial charge < -0.3 is 14.5 Å². The van der Waals surface area contributed by atoms with E-state index in [1.54, 1.807) is 0 Å². The summed E-state index contributed by atoms with van der Waals surface area (Å²) in [6.07, 6.45) is 3.62. The minimum absolute atomic E-state index is 0.245. The first-order valence-corrected chi connectivity index (χ1v) is 14.1. The molecule has 4 atom stereocenters. The van der Waals surface area contributed by atoms with Crippen molar-refractivity contribution in [2.75, 3.05) is 46.3 Å². The van der Waals surface area contributed by atoms with Gasteiger partial charge in [0.05, 0.1) is 6.04 Å². The zero-order valence-corrected chi connectivity index (χ0v) is 22.7. The number of benzene rings is 2. The summed E-state index contributed by atoms with van der Waals surface area (Å²) in [5, 5.41) is 0. The average molecular weight is 577 g/mol. The molecule has 0 spiro atoms. The van der Waals surface area contributed by atoms with Gasteiger partial charge >= 0.3 is 0 Å². The normalized spacial score (nSPS) is 28.5. The molecule has 5 rings (SSSR count). The van der Waals surface area contributed by atoms with Crippen LogP contribution in [0.3, 0.4) is 0 Å². The van der Waals surface area contributed by atoms with Gasteiger partial charge in [0, 0.05) is 48.6 Å². The molecule has 33 heavy (non-hydrogen) atoms. The first-order valence-electron chi connectivity index (χ1n) is 12.3. The third-order valence-corrected chi connectivity index (χ3v) is 9.41. The molecule has 1 aliphatic carbocycles. The standard InChI is InChI=1S/C27H35Br2N3O/c1-30-12-14-31(15-13-30)11-5-8-21-16-23(28)9-10-24(21)33-25-17-22-19-32(27(25)26(22)29)18-20-6-3-2-4-7-20/h2-4,6-7,9-10,16,22,25-27H,5,8,11-15,17-19H2,1H3/t22-,25?,26?,27-/m1/s1. The molecule has 2 aromatic carbocycles. The predicted molar refractivity (Wildman–Crippen MR) is 142 cm³/mol. The number of likely N-dealkylation sites (N-methyl/N-ethyl adjacent to an activating group) is 1. The van der Waals surface area contributed by atoms with Crippen molar-refractivity contribution in [1.29, 1.82) is 0 Å². The largest absolute Gasteiger partial charge is 0.488 e. The van der Waals surface area contributed by atoms with Crippen LogP contribution >= 0.6 is 31.9 Å². The molecule has 2 heterocycles. The summed E-state index contributed by atoms with van der Waals surface area (Å²) in [7, 11) is 2.22. The zero-order chi connectivity index (χ0) is 22.8. The Bertz CT molecular complexity index is 919. The number of fused-ring (bicyclic) bond motifs is 2. The van der Waals surface area contributed by atoms with E-state index in [2.05, 4.69) is 102 Å². The highest BCUT2D eigenvalue weighted by molar-refractivity contribution is 9.10. The van der Waals surface area contributed by atoms with Crippen molar-refractivity contribution in [3.63, 3.8) is 0 Å². The smallest absolute Gasteiger partial charge is 0.123 e. The molecule has 0 aromatic heterocycles. The summed E-state index contributed by atoms with van der Waals surface area (Å²) in [5.41, 5.74) is 2.72. The van der Waals surface area contributed by atoms with E-state index in [0.717, 1.165) is 36.2 Å². The molecule has 1 saturated carbocycles. The van der Waals surface area contributed by atoms with Gasteiger partial charge in [-0.15, -0.1) is 0 Å². The van der Waals surface area contributed by atoms with Gasteiger partial charge in [-0.1, -0.05) is 62.2 Å². The predicted octanol–water partition coefficient (Wildman–Crippen LogP) is 5.04. The van der Waals surface area contributed by atoms with Crippen LogP contribution in [0.2, 0.25) is 0 Å². The highest BCUT2D eigenvalue weighted by Gasteiger charge is 2.52. The Hall–Kier alpha value is -0.920. The van der Waals surface area contributed by atoms with Crippen LogP contribution in [0.15, 0.2) is 53.0 Å². The van der Waals surface area contributed by atoms with E-state index in [9.17, 15) is 0 Å². The molecule has 4 nitrogen and oxygen atoms in total. The highest BCUT2D eigenvalue weighted by Crippen LogP contribution is 2.45. The fraction of sp³-hybridized carbons (Fsp3) is 0.556. The second-order valence-corrected chi connectivity index (χ2v) is 12.0. The Labute approximate surface area is 215 Å². The molecule has 178 valence electrons. The second-order valence-electron chi connectivity index (χ2n) is 10.0. The third kappa shape index (κ3) is 5.67. The summed E-state index contributed by atoms with van der Waals surface area (Å²) >= 11 is 7.71. The number of aryl methyl sites for hydroxylation is 1. The maximum absolute atomic E-state index is 6.78. The summed E-state index contributed by atoms with van der Waals surface area (Å²) in [6.45, 7) is 8.07. The van der Waals surface area contributed by atoms with Crippen LogP contribution in [0, 0.1) is 5.92 Å². The van der Waals surface area contributed by atoms with Crippen LogP contribution < -0.4 is 4.74 Å². The number of ether oxygens (including phenoxy) is 1. The Morgan fingerprint density at radius 3 is 2.58 bits per heavy atom. The van der Waals surface area contributed by atoms with Crippen LogP contribution in [0.5, 0.6) is 5.75 Å². The van der Waals surface area contributed by atoms with Crippen LogP contribution in [0.1, 0.15) is 24.0 Å². The lowest BCUT2D eigenvalue weighted by Crippen LogP contribution is -2.45. The highest BCUT2D eigenvalue weighted by atomic mass is 79.9. The number of halogens is 2. The van der Waals surface area contributed by atoms with Gasteiger partial charge in [-0.25, -0.2) is 0 Å². The SMILES string of the molecule is CN1CCN(CCCc2cc(Br)ccc2OC2C[C@@H]3CN(Cc4ccccc4)[C@H]2C3Br)CC1. The van der Waals surface area contributed by atoms with Gasteiger partial charge in [-0.05, 0) is 68.1 Å². The van der Waals surface area contributed by atoms with Crippen molar-refractivity contribution >= 4 is 31.9 Å². The lowest BCUT2D eigenvalue weighted by atomic mass is 10.1. The number of nitrogens with zero attached hydrogens (tertiary/aromatic N) is 3. The minimum atomic E-state index is 0.245. The van der Waals surface area contributed by atoms with Crippen LogP contribution in [-0.4, -0.2) is 78.0 Å². The molecule has 2 aromatic rings. The topological polar surface area (TPSA) is 19.0 Å². The van der Waals surface area contributed by atoms with Gasteiger partial charge in [-0.2, -0.15) is 0 Å². The molecule has 3 fully saturated rings. The number of likely N-dealkylation sites (tertiary alicyclic amines) is 1. The number of piperazine rings is 1. The number of piperidine rings is 1. The van der Waals surface area contributed by atoms with E-state index in [0.29, 0.717) is 16.8 Å². The minimum Gasteiger partial charge on any atom is -0.488 e. The molecule has 2 saturated heterocycles. The summed E-state index contributed by atoms with van der Waals surface area (Å²) in [6, 6.07) is 17.8. The molecule has 3 aliphatic rings. The summed E-state index contributed by atoms with van der Waals surface area (Å²) in [5.74, 6) is 1.74. The van der Waals surface area contributed by atoms with Crippen molar-refractivity contribution in [3.05, 3.63) is 64.1 Å². The van der Waals surface area contributed by atoms with Crippen LogP contribution in [0.25, 0.3) is 0 Å². The fourth-order valence-electron chi connectivity index (χ4n) is 5.78. The molecular formula is C27H35Br2N3O. The maximum Gasteiger partial charge on any atom is 0.123 e. The number of hydrogen-bond donors (Lipinski definition) is 0. The third-order valence-electron chi connectivity index (χ3n) is 7.63. The Balaban J connectivity index is 1.22. The molecule has 2 bridgehead atoms. The van der Waals surface area contributed by atoms with E-state index in [4.69, 9.17) is 4.74 Å². The zero-order valence-electron chi connectivity index (χ0n) is 19.5. The lowest BCUT2D eigenvalue weighted by molar-refractivity contribution is 0.0701. The van der Waals surface area contributed by atoms with Gasteiger partial charge in [-0.3, -0.25) is 4.90 Å². The van der Waals surface area contributed by atoms with Crippen LogP contribution in [-0.2, 0) is 13.0 Å². The lowest BCUT2D eigenvalue weighted by Gasteiger charge is -2.34. The van der Waals surface area contributed by atoms with Gasteiger partial charge in [0.1, 0.15) is 11.9 Å². The van der Waals surface area contributed by atoms with E-state index >= 15 is 0 Å². The van der Waals surface area contributed by atoms with Gasteiger partial charge in [0.2, 0.25) is 0 Å². The second kappa shape index (κ2) is 10.8. The Morgan fingerprint density at radius 1 is 1.03 bits per heavy atom. The van der Waals surface area contributed by atoms with Crippen molar-refractivity contribution in [2.24, 2.45) is 5.92 Å². The van der Waals surface area contributed by atoms with Crippen LogP contribution in [0.4, 0.5) is 0 Å².